The zero-order valence-corrected chi connectivity index (χ0v) is 31.5. The molecule has 1 saturated carbocycles. The molecule has 3 heterocycles. The molecule has 3 atom stereocenters. The van der Waals surface area contributed by atoms with Gasteiger partial charge in [-0.15, -0.1) is 0 Å². The van der Waals surface area contributed by atoms with Gasteiger partial charge in [-0.05, 0) is 88.6 Å². The normalized spacial score (nSPS) is 23.1. The number of alkyl halides is 1. The Balaban J connectivity index is 1.14. The van der Waals surface area contributed by atoms with E-state index in [4.69, 9.17) is 13.9 Å². The number of likely N-dealkylation sites (tertiary alicyclic amines) is 1. The lowest BCUT2D eigenvalue weighted by Crippen LogP contribution is -2.49. The van der Waals surface area contributed by atoms with Crippen molar-refractivity contribution in [2.75, 3.05) is 44.8 Å². The highest BCUT2D eigenvalue weighted by molar-refractivity contribution is 7.87. The molecule has 16 heteroatoms. The number of amides is 4. The standard InChI is InChI=1S/C38H48FN5O9S/c1-38(2,3)53-37(48)41-30(23-39)25-9-11-26(12-10-25)36(47)44-16-15-29(24-7-5-4-6-8-24)33(44)35(46)40-28-13-14-31-27(21-28)22-32(52-31)34(45)42-54(49,50)43-17-19-51-20-18-43/h4-8,13-14,21-22,25-26,29-30,33H,9-12,15-20,23H2,1-3H3,(H,40,46)(H,41,48)(H,42,45)/t25?,26?,29-,30-,33+/m1/s1. The van der Waals surface area contributed by atoms with E-state index in [1.807, 2.05) is 35.1 Å². The van der Waals surface area contributed by atoms with Crippen LogP contribution in [0, 0.1) is 11.8 Å². The minimum Gasteiger partial charge on any atom is -0.451 e. The van der Waals surface area contributed by atoms with Crippen LogP contribution in [0.2, 0.25) is 0 Å². The van der Waals surface area contributed by atoms with Crippen LogP contribution in [0.15, 0.2) is 59.0 Å². The minimum atomic E-state index is -4.10. The lowest BCUT2D eigenvalue weighted by atomic mass is 9.78. The number of alkyl carbamates (subject to hydrolysis) is 1. The van der Waals surface area contributed by atoms with E-state index in [2.05, 4.69) is 10.6 Å². The third-order valence-electron chi connectivity index (χ3n) is 10.3. The van der Waals surface area contributed by atoms with Gasteiger partial charge in [-0.25, -0.2) is 13.9 Å². The van der Waals surface area contributed by atoms with Gasteiger partial charge in [-0.3, -0.25) is 14.4 Å². The molecule has 0 radical (unpaired) electrons. The highest BCUT2D eigenvalue weighted by atomic mass is 32.2. The van der Waals surface area contributed by atoms with Gasteiger partial charge in [-0.1, -0.05) is 30.3 Å². The van der Waals surface area contributed by atoms with Crippen LogP contribution >= 0.6 is 0 Å². The van der Waals surface area contributed by atoms with Gasteiger partial charge in [0.15, 0.2) is 5.76 Å². The first-order chi connectivity index (χ1) is 25.7. The molecule has 2 saturated heterocycles. The van der Waals surface area contributed by atoms with E-state index in [1.54, 1.807) is 43.9 Å². The molecule has 0 spiro atoms. The minimum absolute atomic E-state index is 0.123. The fourth-order valence-corrected chi connectivity index (χ4v) is 8.72. The first-order valence-electron chi connectivity index (χ1n) is 18.4. The number of hydrogen-bond donors (Lipinski definition) is 3. The van der Waals surface area contributed by atoms with Crippen molar-refractivity contribution in [2.24, 2.45) is 11.8 Å². The summed E-state index contributed by atoms with van der Waals surface area (Å²) in [6.45, 7) is 5.56. The number of nitrogens with one attached hydrogen (secondary N) is 3. The van der Waals surface area contributed by atoms with Gasteiger partial charge in [0.25, 0.3) is 0 Å². The summed E-state index contributed by atoms with van der Waals surface area (Å²) in [7, 11) is -4.10. The number of ether oxygens (including phenoxy) is 2. The first-order valence-corrected chi connectivity index (χ1v) is 19.8. The van der Waals surface area contributed by atoms with E-state index in [-0.39, 0.29) is 61.6 Å². The zero-order valence-electron chi connectivity index (χ0n) is 30.7. The highest BCUT2D eigenvalue weighted by Crippen LogP contribution is 2.39. The molecule has 1 aromatic heterocycles. The van der Waals surface area contributed by atoms with Crippen LogP contribution < -0.4 is 15.4 Å². The number of hydrogen-bond acceptors (Lipinski definition) is 9. The molecule has 4 amide bonds. The highest BCUT2D eigenvalue weighted by Gasteiger charge is 2.45. The van der Waals surface area contributed by atoms with Crippen LogP contribution in [0.4, 0.5) is 14.9 Å². The fraction of sp³-hybridized carbons (Fsp3) is 0.526. The van der Waals surface area contributed by atoms with Gasteiger partial charge in [0.1, 0.15) is 23.9 Å². The molecule has 0 bridgehead atoms. The van der Waals surface area contributed by atoms with E-state index in [9.17, 15) is 32.0 Å². The smallest absolute Gasteiger partial charge is 0.407 e. The number of fused-ring (bicyclic) bond motifs is 1. The summed E-state index contributed by atoms with van der Waals surface area (Å²) in [5.41, 5.74) is 0.940. The van der Waals surface area contributed by atoms with Gasteiger partial charge in [0.05, 0.1) is 19.3 Å². The van der Waals surface area contributed by atoms with Gasteiger partial charge in [0.2, 0.25) is 11.8 Å². The van der Waals surface area contributed by atoms with Crippen molar-refractivity contribution in [3.05, 3.63) is 65.9 Å². The fourth-order valence-electron chi connectivity index (χ4n) is 7.63. The molecule has 292 valence electrons. The van der Waals surface area contributed by atoms with Crippen LogP contribution in [-0.4, -0.2) is 98.6 Å². The van der Waals surface area contributed by atoms with E-state index in [1.165, 1.54) is 6.07 Å². The Hall–Kier alpha value is -4.54. The zero-order chi connectivity index (χ0) is 38.6. The average molecular weight is 770 g/mol. The summed E-state index contributed by atoms with van der Waals surface area (Å²) >= 11 is 0. The maximum Gasteiger partial charge on any atom is 0.407 e. The van der Waals surface area contributed by atoms with Gasteiger partial charge >= 0.3 is 22.2 Å². The van der Waals surface area contributed by atoms with Crippen LogP contribution in [0.5, 0.6) is 0 Å². The van der Waals surface area contributed by atoms with Crippen LogP contribution in [0.1, 0.15) is 74.9 Å². The molecule has 14 nitrogen and oxygen atoms in total. The maximum absolute atomic E-state index is 14.2. The number of anilines is 1. The molecule has 2 aliphatic heterocycles. The number of carbonyl (C=O) groups is 4. The largest absolute Gasteiger partial charge is 0.451 e. The SMILES string of the molecule is CC(C)(C)OC(=O)N[C@H](CF)C1CCC(C(=O)N2CC[C@H](c3ccccc3)[C@H]2C(=O)Nc2ccc3oc(C(=O)NS(=O)(=O)N4CCOCC4)cc3c2)CC1. The number of benzene rings is 2. The van der Waals surface area contributed by atoms with Crippen LogP contribution in [0.3, 0.4) is 0 Å². The molecule has 3 aromatic rings. The van der Waals surface area contributed by atoms with Crippen molar-refractivity contribution >= 4 is 50.7 Å². The number of halogens is 1. The van der Waals surface area contributed by atoms with E-state index in [0.717, 1.165) is 9.87 Å². The molecule has 1 aliphatic carbocycles. The second kappa shape index (κ2) is 16.4. The Morgan fingerprint density at radius 3 is 2.31 bits per heavy atom. The number of nitrogens with zero attached hydrogens (tertiary/aromatic N) is 2. The Morgan fingerprint density at radius 2 is 1.65 bits per heavy atom. The van der Waals surface area contributed by atoms with Crippen molar-refractivity contribution in [1.82, 2.24) is 19.2 Å². The van der Waals surface area contributed by atoms with Crippen molar-refractivity contribution in [3.8, 4) is 0 Å². The summed E-state index contributed by atoms with van der Waals surface area (Å²) in [6.07, 6.45) is 1.98. The monoisotopic (exact) mass is 769 g/mol. The summed E-state index contributed by atoms with van der Waals surface area (Å²) in [5.74, 6) is -2.41. The van der Waals surface area contributed by atoms with Gasteiger partial charge < -0.3 is 29.4 Å². The second-order valence-corrected chi connectivity index (χ2v) is 16.8. The number of carbonyl (C=O) groups excluding carboxylic acids is 4. The van der Waals surface area contributed by atoms with Gasteiger partial charge in [0, 0.05) is 42.5 Å². The maximum atomic E-state index is 14.2. The van der Waals surface area contributed by atoms with Crippen molar-refractivity contribution < 1.29 is 45.9 Å². The molecule has 3 aliphatic rings. The topological polar surface area (TPSA) is 177 Å². The summed E-state index contributed by atoms with van der Waals surface area (Å²) in [4.78, 5) is 55.2. The summed E-state index contributed by atoms with van der Waals surface area (Å²) in [6, 6.07) is 14.3. The van der Waals surface area contributed by atoms with Crippen molar-refractivity contribution in [1.29, 1.82) is 0 Å². The molecule has 2 aromatic carbocycles. The average Bonchev–Trinajstić information content (AvgIpc) is 3.79. The lowest BCUT2D eigenvalue weighted by Gasteiger charge is -2.36. The Bertz CT molecular complexity index is 1940. The quantitative estimate of drug-likeness (QED) is 0.263. The molecular formula is C38H48FN5O9S. The van der Waals surface area contributed by atoms with Crippen LogP contribution in [-0.2, 0) is 29.3 Å². The van der Waals surface area contributed by atoms with Crippen molar-refractivity contribution in [2.45, 2.75) is 76.5 Å². The van der Waals surface area contributed by atoms with E-state index >= 15 is 0 Å². The van der Waals surface area contributed by atoms with Crippen LogP contribution in [0.25, 0.3) is 11.0 Å². The Kier molecular flexibility index (Phi) is 11.9. The summed E-state index contributed by atoms with van der Waals surface area (Å²) < 4.78 is 58.8. The number of rotatable bonds is 10. The third kappa shape index (κ3) is 9.21. The first kappa shape index (κ1) is 39.2. The third-order valence-corrected chi connectivity index (χ3v) is 11.8. The summed E-state index contributed by atoms with van der Waals surface area (Å²) in [5, 5.41) is 6.09. The van der Waals surface area contributed by atoms with E-state index < -0.39 is 46.6 Å². The Morgan fingerprint density at radius 1 is 0.944 bits per heavy atom. The number of morpholine rings is 1. The lowest BCUT2D eigenvalue weighted by molar-refractivity contribution is -0.141. The molecule has 0 unspecified atom stereocenters. The number of furan rings is 1. The van der Waals surface area contributed by atoms with E-state index in [0.29, 0.717) is 55.3 Å². The predicted molar refractivity (Wildman–Crippen MR) is 198 cm³/mol. The molecule has 3 fully saturated rings. The molecule has 3 N–H and O–H groups in total. The predicted octanol–water partition coefficient (Wildman–Crippen LogP) is 4.73. The second-order valence-electron chi connectivity index (χ2n) is 15.1. The van der Waals surface area contributed by atoms with Crippen molar-refractivity contribution in [3.63, 3.8) is 0 Å². The van der Waals surface area contributed by atoms with Gasteiger partial charge in [-0.2, -0.15) is 12.7 Å². The molecule has 6 rings (SSSR count). The Labute approximate surface area is 314 Å². The molecule has 54 heavy (non-hydrogen) atoms. The molecular weight excluding hydrogens is 722 g/mol.